The predicted octanol–water partition coefficient (Wildman–Crippen LogP) is 3.79. The van der Waals surface area contributed by atoms with E-state index in [2.05, 4.69) is 0 Å². The van der Waals surface area contributed by atoms with E-state index < -0.39 is 0 Å². The molecule has 0 N–H and O–H groups in total. The fourth-order valence-corrected chi connectivity index (χ4v) is 6.11. The van der Waals surface area contributed by atoms with Gasteiger partial charge in [-0.25, -0.2) is 4.98 Å². The number of rotatable bonds is 4. The lowest BCUT2D eigenvalue weighted by Gasteiger charge is -2.22. The molecule has 3 heterocycles. The minimum Gasteiger partial charge on any atom is -0.355 e. The summed E-state index contributed by atoms with van der Waals surface area (Å²) in [5, 5.41) is 1.57. The van der Waals surface area contributed by atoms with E-state index in [0.717, 1.165) is 59.1 Å². The molecule has 0 saturated carbocycles. The van der Waals surface area contributed by atoms with E-state index in [1.54, 1.807) is 27.7 Å². The third-order valence-corrected chi connectivity index (χ3v) is 7.35. The summed E-state index contributed by atoms with van der Waals surface area (Å²) in [5.74, 6) is 0.763. The fourth-order valence-electron chi connectivity index (χ4n) is 3.73. The third kappa shape index (κ3) is 3.23. The lowest BCUT2D eigenvalue weighted by atomic mass is 10.2. The van der Waals surface area contributed by atoms with Crippen LogP contribution in [-0.2, 0) is 22.3 Å². The molecule has 27 heavy (non-hydrogen) atoms. The van der Waals surface area contributed by atoms with Crippen molar-refractivity contribution in [3.8, 4) is 5.69 Å². The monoisotopic (exact) mass is 400 g/mol. The van der Waals surface area contributed by atoms with Crippen molar-refractivity contribution in [2.45, 2.75) is 36.9 Å². The first-order chi connectivity index (χ1) is 13.3. The number of aromatic nitrogens is 2. The molecule has 1 aliphatic heterocycles. The van der Waals surface area contributed by atoms with Crippen molar-refractivity contribution in [1.29, 1.82) is 0 Å². The SMILES string of the molecule is O=c1c2c3c(sc2nc(SC[C@@H]2CCOCO2)n1-c1ccccc1)CCC3. The number of aryl methyl sites for hydroxylation is 2. The minimum atomic E-state index is 0.0565. The smallest absolute Gasteiger partial charge is 0.267 e. The number of thioether (sulfide) groups is 1. The van der Waals surface area contributed by atoms with Crippen LogP contribution in [0.4, 0.5) is 0 Å². The summed E-state index contributed by atoms with van der Waals surface area (Å²) in [7, 11) is 0. The maximum atomic E-state index is 13.5. The summed E-state index contributed by atoms with van der Waals surface area (Å²) in [6.45, 7) is 1.07. The van der Waals surface area contributed by atoms with Crippen molar-refractivity contribution < 1.29 is 9.47 Å². The molecule has 0 unspecified atom stereocenters. The number of benzene rings is 1. The van der Waals surface area contributed by atoms with Crippen LogP contribution in [0, 0.1) is 0 Å². The number of hydrogen-bond acceptors (Lipinski definition) is 6. The highest BCUT2D eigenvalue weighted by molar-refractivity contribution is 7.99. The lowest BCUT2D eigenvalue weighted by molar-refractivity contribution is -0.130. The van der Waals surface area contributed by atoms with Gasteiger partial charge in [-0.05, 0) is 43.4 Å². The number of nitrogens with zero attached hydrogens (tertiary/aromatic N) is 2. The summed E-state index contributed by atoms with van der Waals surface area (Å²) in [5.41, 5.74) is 2.15. The Morgan fingerprint density at radius 3 is 2.96 bits per heavy atom. The summed E-state index contributed by atoms with van der Waals surface area (Å²) < 4.78 is 12.7. The van der Waals surface area contributed by atoms with Crippen molar-refractivity contribution in [3.05, 3.63) is 51.1 Å². The Hall–Kier alpha value is -1.67. The van der Waals surface area contributed by atoms with Gasteiger partial charge in [0.25, 0.3) is 5.56 Å². The topological polar surface area (TPSA) is 53.4 Å². The maximum absolute atomic E-state index is 13.5. The van der Waals surface area contributed by atoms with Gasteiger partial charge < -0.3 is 9.47 Å². The normalized spacial score (nSPS) is 19.5. The second-order valence-electron chi connectivity index (χ2n) is 6.82. The van der Waals surface area contributed by atoms with Crippen LogP contribution >= 0.6 is 23.1 Å². The van der Waals surface area contributed by atoms with Crippen LogP contribution in [-0.4, -0.2) is 34.8 Å². The predicted molar refractivity (Wildman–Crippen MR) is 108 cm³/mol. The van der Waals surface area contributed by atoms with Crippen molar-refractivity contribution in [2.24, 2.45) is 0 Å². The minimum absolute atomic E-state index is 0.0565. The van der Waals surface area contributed by atoms with Gasteiger partial charge in [0.15, 0.2) is 5.16 Å². The quantitative estimate of drug-likeness (QED) is 0.493. The van der Waals surface area contributed by atoms with Crippen LogP contribution in [0.25, 0.3) is 15.9 Å². The molecule has 0 amide bonds. The van der Waals surface area contributed by atoms with Gasteiger partial charge in [-0.15, -0.1) is 11.3 Å². The van der Waals surface area contributed by atoms with Gasteiger partial charge in [0, 0.05) is 10.6 Å². The van der Waals surface area contributed by atoms with Crippen LogP contribution in [0.15, 0.2) is 40.3 Å². The zero-order chi connectivity index (χ0) is 18.2. The van der Waals surface area contributed by atoms with Crippen LogP contribution in [0.2, 0.25) is 0 Å². The van der Waals surface area contributed by atoms with Gasteiger partial charge in [-0.1, -0.05) is 30.0 Å². The van der Waals surface area contributed by atoms with E-state index in [-0.39, 0.29) is 11.7 Å². The molecule has 1 atom stereocenters. The van der Waals surface area contributed by atoms with Gasteiger partial charge in [0.1, 0.15) is 11.6 Å². The Kier molecular flexibility index (Phi) is 4.77. The zero-order valence-electron chi connectivity index (χ0n) is 14.8. The maximum Gasteiger partial charge on any atom is 0.267 e. The molecular weight excluding hydrogens is 380 g/mol. The number of ether oxygens (including phenoxy) is 2. The molecule has 1 fully saturated rings. The average Bonchev–Trinajstić information content (AvgIpc) is 3.28. The Bertz CT molecular complexity index is 1020. The first-order valence-corrected chi connectivity index (χ1v) is 11.1. The molecule has 0 spiro atoms. The number of para-hydroxylation sites is 1. The highest BCUT2D eigenvalue weighted by Crippen LogP contribution is 2.36. The van der Waals surface area contributed by atoms with Crippen molar-refractivity contribution in [1.82, 2.24) is 9.55 Å². The summed E-state index contributed by atoms with van der Waals surface area (Å²) in [6, 6.07) is 9.82. The van der Waals surface area contributed by atoms with E-state index in [1.165, 1.54) is 10.4 Å². The first-order valence-electron chi connectivity index (χ1n) is 9.26. The number of fused-ring (bicyclic) bond motifs is 3. The molecule has 3 aromatic rings. The van der Waals surface area contributed by atoms with Crippen molar-refractivity contribution >= 4 is 33.3 Å². The van der Waals surface area contributed by atoms with Gasteiger partial charge >= 0.3 is 0 Å². The molecule has 1 aromatic carbocycles. The molecule has 5 nitrogen and oxygen atoms in total. The van der Waals surface area contributed by atoms with Gasteiger partial charge in [-0.3, -0.25) is 9.36 Å². The highest BCUT2D eigenvalue weighted by Gasteiger charge is 2.24. The second kappa shape index (κ2) is 7.39. The van der Waals surface area contributed by atoms with Gasteiger partial charge in [0.2, 0.25) is 0 Å². The first kappa shape index (κ1) is 17.4. The lowest BCUT2D eigenvalue weighted by Crippen LogP contribution is -2.27. The molecule has 0 radical (unpaired) electrons. The summed E-state index contributed by atoms with van der Waals surface area (Å²) >= 11 is 3.29. The van der Waals surface area contributed by atoms with E-state index >= 15 is 0 Å². The van der Waals surface area contributed by atoms with E-state index in [1.807, 2.05) is 30.3 Å². The van der Waals surface area contributed by atoms with Crippen molar-refractivity contribution in [3.63, 3.8) is 0 Å². The largest absolute Gasteiger partial charge is 0.355 e. The van der Waals surface area contributed by atoms with Crippen LogP contribution in [0.1, 0.15) is 23.3 Å². The van der Waals surface area contributed by atoms with Crippen LogP contribution in [0.5, 0.6) is 0 Å². The van der Waals surface area contributed by atoms with Crippen LogP contribution < -0.4 is 5.56 Å². The molecule has 0 bridgehead atoms. The van der Waals surface area contributed by atoms with E-state index in [0.29, 0.717) is 6.79 Å². The summed E-state index contributed by atoms with van der Waals surface area (Å²) in [4.78, 5) is 20.6. The summed E-state index contributed by atoms with van der Waals surface area (Å²) in [6.07, 6.45) is 4.20. The van der Waals surface area contributed by atoms with E-state index in [4.69, 9.17) is 14.5 Å². The zero-order valence-corrected chi connectivity index (χ0v) is 16.5. The fraction of sp³-hybridized carbons (Fsp3) is 0.400. The molecule has 7 heteroatoms. The van der Waals surface area contributed by atoms with Gasteiger partial charge in [0.05, 0.1) is 23.8 Å². The Morgan fingerprint density at radius 1 is 1.26 bits per heavy atom. The van der Waals surface area contributed by atoms with Crippen LogP contribution in [0.3, 0.4) is 0 Å². The molecule has 140 valence electrons. The molecular formula is C20H20N2O3S2. The van der Waals surface area contributed by atoms with E-state index in [9.17, 15) is 4.79 Å². The molecule has 2 aromatic heterocycles. The molecule has 1 aliphatic carbocycles. The Labute approximate surface area is 165 Å². The Balaban J connectivity index is 1.61. The number of thiophene rings is 1. The Morgan fingerprint density at radius 2 is 2.15 bits per heavy atom. The van der Waals surface area contributed by atoms with Crippen molar-refractivity contribution in [2.75, 3.05) is 19.2 Å². The second-order valence-corrected chi connectivity index (χ2v) is 8.89. The standard InChI is InChI=1S/C20H20N2O3S2/c23-19-17-15-7-4-8-16(15)27-18(17)21-20(22(19)13-5-2-1-3-6-13)26-11-14-9-10-24-12-25-14/h1-3,5-6,14H,4,7-12H2/t14-/m0/s1. The number of hydrogen-bond donors (Lipinski definition) is 0. The third-order valence-electron chi connectivity index (χ3n) is 5.09. The molecule has 5 rings (SSSR count). The average molecular weight is 401 g/mol. The molecule has 2 aliphatic rings. The van der Waals surface area contributed by atoms with Gasteiger partial charge in [-0.2, -0.15) is 0 Å². The highest BCUT2D eigenvalue weighted by atomic mass is 32.2. The molecule has 1 saturated heterocycles.